The second kappa shape index (κ2) is 10.5. The molecule has 1 aliphatic rings. The molecule has 0 spiro atoms. The molecule has 4 aromatic rings. The van der Waals surface area contributed by atoms with E-state index in [1.54, 1.807) is 42.6 Å². The van der Waals surface area contributed by atoms with Gasteiger partial charge in [-0.1, -0.05) is 44.2 Å². The molecule has 0 saturated carbocycles. The molecule has 1 N–H and O–H groups in total. The molecule has 38 heavy (non-hydrogen) atoms. The summed E-state index contributed by atoms with van der Waals surface area (Å²) in [4.78, 5) is 21.8. The summed E-state index contributed by atoms with van der Waals surface area (Å²) in [5.74, 6) is 0.415. The van der Waals surface area contributed by atoms with Crippen LogP contribution in [0.15, 0.2) is 83.9 Å². The molecule has 1 saturated heterocycles. The van der Waals surface area contributed by atoms with Crippen molar-refractivity contribution in [2.75, 3.05) is 35.8 Å². The summed E-state index contributed by atoms with van der Waals surface area (Å²) in [5.41, 5.74) is 5.13. The number of nitrogens with zero attached hydrogens (tertiary/aromatic N) is 3. The molecule has 0 aliphatic carbocycles. The molecule has 196 valence electrons. The number of pyridine rings is 1. The second-order valence-electron chi connectivity index (χ2n) is 9.99. The third kappa shape index (κ3) is 5.22. The minimum atomic E-state index is -3.85. The van der Waals surface area contributed by atoms with Crippen LogP contribution in [0.4, 0.5) is 11.4 Å². The number of hydrogen-bond donors (Lipinski definition) is 1. The lowest BCUT2D eigenvalue weighted by atomic mass is 10.00. The van der Waals surface area contributed by atoms with E-state index in [0.717, 1.165) is 18.5 Å². The van der Waals surface area contributed by atoms with Crippen molar-refractivity contribution >= 4 is 38.2 Å². The number of sulfonamides is 1. The first kappa shape index (κ1) is 25.7. The molecule has 8 heteroatoms. The van der Waals surface area contributed by atoms with Crippen molar-refractivity contribution in [3.8, 4) is 0 Å². The van der Waals surface area contributed by atoms with E-state index >= 15 is 0 Å². The van der Waals surface area contributed by atoms with Gasteiger partial charge in [-0.25, -0.2) is 8.42 Å². The normalized spacial score (nSPS) is 14.2. The number of fused-ring (bicyclic) bond motifs is 1. The van der Waals surface area contributed by atoms with Crippen LogP contribution in [0.5, 0.6) is 0 Å². The Morgan fingerprint density at radius 2 is 1.63 bits per heavy atom. The molecule has 0 atom stereocenters. The van der Waals surface area contributed by atoms with E-state index in [2.05, 4.69) is 53.6 Å². The Kier molecular flexibility index (Phi) is 7.08. The van der Waals surface area contributed by atoms with E-state index in [0.29, 0.717) is 35.8 Å². The predicted octanol–water partition coefficient (Wildman–Crippen LogP) is 5.43. The first-order valence-corrected chi connectivity index (χ1v) is 14.3. The molecular weight excluding hydrogens is 496 g/mol. The number of para-hydroxylation sites is 1. The van der Waals surface area contributed by atoms with Crippen LogP contribution in [-0.2, 0) is 10.0 Å². The van der Waals surface area contributed by atoms with Gasteiger partial charge in [0, 0.05) is 54.7 Å². The zero-order valence-electron chi connectivity index (χ0n) is 21.9. The van der Waals surface area contributed by atoms with Crippen molar-refractivity contribution in [3.05, 3.63) is 95.7 Å². The highest BCUT2D eigenvalue weighted by molar-refractivity contribution is 7.93. The zero-order valence-corrected chi connectivity index (χ0v) is 22.7. The zero-order chi connectivity index (χ0) is 26.9. The lowest BCUT2D eigenvalue weighted by Gasteiger charge is -2.37. The minimum absolute atomic E-state index is 0.0510. The summed E-state index contributed by atoms with van der Waals surface area (Å²) in [6.07, 6.45) is 1.57. The second-order valence-corrected chi connectivity index (χ2v) is 11.6. The van der Waals surface area contributed by atoms with Gasteiger partial charge in [-0.2, -0.15) is 0 Å². The van der Waals surface area contributed by atoms with Crippen LogP contribution >= 0.6 is 0 Å². The SMILES string of the molecule is Cc1ccc(C(C)C)cc1N1CCN(C(=O)c2ccc(NS(=O)(=O)c3cccc4cccnc34)cc2)CC1. The lowest BCUT2D eigenvalue weighted by Crippen LogP contribution is -2.49. The highest BCUT2D eigenvalue weighted by atomic mass is 32.2. The molecule has 2 heterocycles. The molecule has 3 aromatic carbocycles. The molecular formula is C30H32N4O3S. The highest BCUT2D eigenvalue weighted by Gasteiger charge is 2.24. The fraction of sp³-hybridized carbons (Fsp3) is 0.267. The van der Waals surface area contributed by atoms with E-state index in [1.165, 1.54) is 22.9 Å². The van der Waals surface area contributed by atoms with E-state index < -0.39 is 10.0 Å². The third-order valence-corrected chi connectivity index (χ3v) is 8.49. The van der Waals surface area contributed by atoms with Gasteiger partial charge in [-0.3, -0.25) is 14.5 Å². The number of benzene rings is 3. The molecule has 1 fully saturated rings. The van der Waals surface area contributed by atoms with Crippen LogP contribution in [0, 0.1) is 6.92 Å². The minimum Gasteiger partial charge on any atom is -0.368 e. The number of aromatic nitrogens is 1. The van der Waals surface area contributed by atoms with Crippen LogP contribution in [0.2, 0.25) is 0 Å². The number of carbonyl (C=O) groups is 1. The number of nitrogens with one attached hydrogen (secondary N) is 1. The summed E-state index contributed by atoms with van der Waals surface area (Å²) in [7, 11) is -3.85. The topological polar surface area (TPSA) is 82.6 Å². The molecule has 1 amide bonds. The van der Waals surface area contributed by atoms with Crippen molar-refractivity contribution in [1.82, 2.24) is 9.88 Å². The van der Waals surface area contributed by atoms with Crippen molar-refractivity contribution in [3.63, 3.8) is 0 Å². The third-order valence-electron chi connectivity index (χ3n) is 7.08. The molecule has 1 aromatic heterocycles. The van der Waals surface area contributed by atoms with Crippen molar-refractivity contribution in [2.45, 2.75) is 31.6 Å². The lowest BCUT2D eigenvalue weighted by molar-refractivity contribution is 0.0747. The monoisotopic (exact) mass is 528 g/mol. The fourth-order valence-corrected chi connectivity index (χ4v) is 6.08. The Labute approximate surface area is 224 Å². The molecule has 0 unspecified atom stereocenters. The van der Waals surface area contributed by atoms with Crippen molar-refractivity contribution in [2.24, 2.45) is 0 Å². The summed E-state index contributed by atoms with van der Waals surface area (Å²) < 4.78 is 28.8. The maximum absolute atomic E-state index is 13.2. The number of carbonyl (C=O) groups excluding carboxylic acids is 1. The fourth-order valence-electron chi connectivity index (χ4n) is 4.84. The smallest absolute Gasteiger partial charge is 0.264 e. The van der Waals surface area contributed by atoms with Crippen molar-refractivity contribution in [1.29, 1.82) is 0 Å². The molecule has 1 aliphatic heterocycles. The first-order chi connectivity index (χ1) is 18.2. The van der Waals surface area contributed by atoms with Gasteiger partial charge in [0.15, 0.2) is 0 Å². The van der Waals surface area contributed by atoms with E-state index in [-0.39, 0.29) is 10.8 Å². The van der Waals surface area contributed by atoms with Gasteiger partial charge in [0.1, 0.15) is 4.90 Å². The van der Waals surface area contributed by atoms with E-state index in [9.17, 15) is 13.2 Å². The van der Waals surface area contributed by atoms with Gasteiger partial charge in [0.2, 0.25) is 0 Å². The molecule has 0 radical (unpaired) electrons. The maximum atomic E-state index is 13.2. The number of piperazine rings is 1. The summed E-state index contributed by atoms with van der Waals surface area (Å²) in [6, 6.07) is 21.9. The number of aryl methyl sites for hydroxylation is 1. The molecule has 0 bridgehead atoms. The summed E-state index contributed by atoms with van der Waals surface area (Å²) >= 11 is 0. The Morgan fingerprint density at radius 3 is 2.34 bits per heavy atom. The van der Waals surface area contributed by atoms with Gasteiger partial charge in [-0.05, 0) is 66.4 Å². The quantitative estimate of drug-likeness (QED) is 0.361. The van der Waals surface area contributed by atoms with Gasteiger partial charge in [0.25, 0.3) is 15.9 Å². The number of amides is 1. The Hall–Kier alpha value is -3.91. The number of rotatable bonds is 6. The first-order valence-electron chi connectivity index (χ1n) is 12.8. The Bertz CT molecular complexity index is 1570. The van der Waals surface area contributed by atoms with Crippen LogP contribution in [0.3, 0.4) is 0 Å². The van der Waals surface area contributed by atoms with E-state index in [1.807, 2.05) is 17.0 Å². The maximum Gasteiger partial charge on any atom is 0.264 e. The van der Waals surface area contributed by atoms with Gasteiger partial charge in [-0.15, -0.1) is 0 Å². The van der Waals surface area contributed by atoms with Gasteiger partial charge < -0.3 is 9.80 Å². The standard InChI is InChI=1S/C30H32N4O3S/c1-21(2)25-10-9-22(3)27(20-25)33-16-18-34(19-17-33)30(35)24-11-13-26(14-12-24)32-38(36,37)28-8-4-6-23-7-5-15-31-29(23)28/h4-15,20-21,32H,16-19H2,1-3H3. The van der Waals surface area contributed by atoms with Crippen LogP contribution in [0.1, 0.15) is 41.3 Å². The van der Waals surface area contributed by atoms with Crippen LogP contribution in [0.25, 0.3) is 10.9 Å². The highest BCUT2D eigenvalue weighted by Crippen LogP contribution is 2.27. The molecule has 5 rings (SSSR count). The Balaban J connectivity index is 1.25. The van der Waals surface area contributed by atoms with Crippen LogP contribution < -0.4 is 9.62 Å². The Morgan fingerprint density at radius 1 is 0.921 bits per heavy atom. The van der Waals surface area contributed by atoms with E-state index in [4.69, 9.17) is 0 Å². The predicted molar refractivity (Wildman–Crippen MR) is 152 cm³/mol. The summed E-state index contributed by atoms with van der Waals surface area (Å²) in [6.45, 7) is 9.32. The van der Waals surface area contributed by atoms with Crippen molar-refractivity contribution < 1.29 is 13.2 Å². The average Bonchev–Trinajstić information content (AvgIpc) is 2.93. The van der Waals surface area contributed by atoms with Gasteiger partial charge in [0.05, 0.1) is 5.52 Å². The number of hydrogen-bond acceptors (Lipinski definition) is 5. The molecule has 7 nitrogen and oxygen atoms in total. The number of anilines is 2. The van der Waals surface area contributed by atoms with Gasteiger partial charge >= 0.3 is 0 Å². The largest absolute Gasteiger partial charge is 0.368 e. The average molecular weight is 529 g/mol. The summed E-state index contributed by atoms with van der Waals surface area (Å²) in [5, 5.41) is 0.749. The van der Waals surface area contributed by atoms with Crippen LogP contribution in [-0.4, -0.2) is 50.4 Å².